The van der Waals surface area contributed by atoms with Crippen LogP contribution in [0.3, 0.4) is 0 Å². The molecule has 0 aromatic heterocycles. The third-order valence-corrected chi connectivity index (χ3v) is 9.41. The summed E-state index contributed by atoms with van der Waals surface area (Å²) in [5.41, 5.74) is 3.73. The van der Waals surface area contributed by atoms with Crippen molar-refractivity contribution >= 4 is 52.3 Å². The van der Waals surface area contributed by atoms with E-state index in [1.165, 1.54) is 18.4 Å². The van der Waals surface area contributed by atoms with Gasteiger partial charge in [-0.25, -0.2) is 0 Å². The molecule has 3 aliphatic rings. The van der Waals surface area contributed by atoms with Gasteiger partial charge in [-0.05, 0) is 105 Å². The molecule has 1 heterocycles. The Morgan fingerprint density at radius 3 is 2.37 bits per heavy atom. The summed E-state index contributed by atoms with van der Waals surface area (Å²) in [5, 5.41) is 8.25. The summed E-state index contributed by atoms with van der Waals surface area (Å²) in [5.74, 6) is 0.806. The van der Waals surface area contributed by atoms with Crippen molar-refractivity contribution in [2.75, 3.05) is 37.7 Å². The number of nitrogens with one attached hydrogen (secondary N) is 2. The Kier molecular flexibility index (Phi) is 10.6. The number of carbonyl (C=O) groups excluding carboxylic acids is 2. The molecule has 1 saturated heterocycles. The number of hydrogen-bond acceptors (Lipinski definition) is 6. The van der Waals surface area contributed by atoms with Crippen molar-refractivity contribution < 1.29 is 19.1 Å². The number of piperazine rings is 1. The van der Waals surface area contributed by atoms with Crippen LogP contribution in [0.1, 0.15) is 42.4 Å². The minimum Gasteiger partial charge on any atom is -0.490 e. The fourth-order valence-electron chi connectivity index (χ4n) is 5.78. The van der Waals surface area contributed by atoms with Crippen molar-refractivity contribution in [1.82, 2.24) is 15.5 Å². The molecule has 0 radical (unpaired) electrons. The van der Waals surface area contributed by atoms with Crippen LogP contribution in [0.5, 0.6) is 11.5 Å². The molecule has 3 fully saturated rings. The highest BCUT2D eigenvalue weighted by Crippen LogP contribution is 2.35. The molecular formula is C35H39Cl3N4O4. The van der Waals surface area contributed by atoms with Gasteiger partial charge in [0.15, 0.2) is 5.75 Å². The van der Waals surface area contributed by atoms with Crippen molar-refractivity contribution in [3.8, 4) is 11.5 Å². The summed E-state index contributed by atoms with van der Waals surface area (Å²) in [6.45, 7) is 4.30. The topological polar surface area (TPSA) is 83.1 Å². The van der Waals surface area contributed by atoms with E-state index in [0.717, 1.165) is 36.9 Å². The Morgan fingerprint density at radius 1 is 0.957 bits per heavy atom. The highest BCUT2D eigenvalue weighted by molar-refractivity contribution is 6.37. The van der Waals surface area contributed by atoms with Crippen LogP contribution >= 0.6 is 34.8 Å². The summed E-state index contributed by atoms with van der Waals surface area (Å²) in [7, 11) is 0. The standard InChI is InChI=1S/C35H39Cl3N4O4/c1-22-16-30(37)34(31(38)17-22)46-15-14-45-28-9-7-27(8-10-28)42-32(19-39-20-33(42)43)35(44)41(26-5-6-26)21-24-18-23(2-11-29(24)36)12-13-40-25-3-4-25/h2,7-11,16-18,25-26,32,39-40H,3-6,12-15,19-21H2,1H3/t32-/m1/s1. The monoisotopic (exact) mass is 684 g/mol. The Balaban J connectivity index is 1.09. The maximum absolute atomic E-state index is 14.2. The molecule has 3 aromatic rings. The van der Waals surface area contributed by atoms with Crippen LogP contribution in [0.4, 0.5) is 5.69 Å². The van der Waals surface area contributed by atoms with E-state index >= 15 is 0 Å². The maximum atomic E-state index is 14.2. The molecule has 2 amide bonds. The average molecular weight is 686 g/mol. The van der Waals surface area contributed by atoms with Crippen molar-refractivity contribution in [3.63, 3.8) is 0 Å². The Labute approximate surface area is 285 Å². The average Bonchev–Trinajstić information content (AvgIpc) is 3.96. The molecule has 0 spiro atoms. The lowest BCUT2D eigenvalue weighted by molar-refractivity contribution is -0.136. The van der Waals surface area contributed by atoms with Gasteiger partial charge >= 0.3 is 0 Å². The second-order valence-corrected chi connectivity index (χ2v) is 13.5. The largest absolute Gasteiger partial charge is 0.490 e. The lowest BCUT2D eigenvalue weighted by Crippen LogP contribution is -2.61. The van der Waals surface area contributed by atoms with Gasteiger partial charge in [0.05, 0.1) is 16.6 Å². The molecule has 1 atom stereocenters. The van der Waals surface area contributed by atoms with E-state index in [2.05, 4.69) is 22.8 Å². The van der Waals surface area contributed by atoms with Crippen LogP contribution in [0.2, 0.25) is 15.1 Å². The van der Waals surface area contributed by atoms with E-state index in [1.807, 2.05) is 30.0 Å². The second kappa shape index (κ2) is 14.8. The fraction of sp³-hybridized carbons (Fsp3) is 0.429. The minimum atomic E-state index is -0.671. The summed E-state index contributed by atoms with van der Waals surface area (Å²) in [6, 6.07) is 17.0. The van der Waals surface area contributed by atoms with Gasteiger partial charge in [-0.15, -0.1) is 0 Å². The van der Waals surface area contributed by atoms with Crippen LogP contribution in [0, 0.1) is 6.92 Å². The van der Waals surface area contributed by atoms with E-state index in [-0.39, 0.29) is 37.6 Å². The lowest BCUT2D eigenvalue weighted by atomic mass is 10.1. The van der Waals surface area contributed by atoms with E-state index in [0.29, 0.717) is 51.4 Å². The minimum absolute atomic E-state index is 0.0779. The van der Waals surface area contributed by atoms with Gasteiger partial charge in [0.25, 0.3) is 0 Å². The first-order valence-electron chi connectivity index (χ1n) is 15.9. The van der Waals surface area contributed by atoms with Crippen molar-refractivity contribution in [2.24, 2.45) is 0 Å². The molecule has 244 valence electrons. The number of ether oxygens (including phenoxy) is 2. The third-order valence-electron chi connectivity index (χ3n) is 8.48. The lowest BCUT2D eigenvalue weighted by Gasteiger charge is -2.38. The van der Waals surface area contributed by atoms with Gasteiger partial charge in [-0.2, -0.15) is 0 Å². The van der Waals surface area contributed by atoms with Crippen molar-refractivity contribution in [1.29, 1.82) is 0 Å². The molecule has 0 unspecified atom stereocenters. The molecule has 0 bridgehead atoms. The van der Waals surface area contributed by atoms with E-state index in [4.69, 9.17) is 44.3 Å². The van der Waals surface area contributed by atoms with Crippen LogP contribution in [0.15, 0.2) is 54.6 Å². The van der Waals surface area contributed by atoms with Crippen LogP contribution in [-0.2, 0) is 22.6 Å². The number of halogens is 3. The molecule has 3 aromatic carbocycles. The summed E-state index contributed by atoms with van der Waals surface area (Å²) in [4.78, 5) is 30.9. The van der Waals surface area contributed by atoms with Gasteiger partial charge in [0.1, 0.15) is 25.0 Å². The van der Waals surface area contributed by atoms with Gasteiger partial charge in [-0.1, -0.05) is 46.9 Å². The molecule has 2 N–H and O–H groups in total. The van der Waals surface area contributed by atoms with Crippen molar-refractivity contribution in [3.05, 3.63) is 86.4 Å². The molecular weight excluding hydrogens is 647 g/mol. The molecule has 2 aliphatic carbocycles. The van der Waals surface area contributed by atoms with Gasteiger partial charge < -0.3 is 25.0 Å². The van der Waals surface area contributed by atoms with Crippen molar-refractivity contribution in [2.45, 2.75) is 63.7 Å². The Bertz CT molecular complexity index is 1540. The predicted molar refractivity (Wildman–Crippen MR) is 183 cm³/mol. The van der Waals surface area contributed by atoms with Crippen LogP contribution < -0.4 is 25.0 Å². The molecule has 6 rings (SSSR count). The number of amides is 2. The van der Waals surface area contributed by atoms with E-state index in [9.17, 15) is 9.59 Å². The first-order chi connectivity index (χ1) is 22.3. The van der Waals surface area contributed by atoms with Crippen LogP contribution in [0.25, 0.3) is 0 Å². The molecule has 8 nitrogen and oxygen atoms in total. The fourth-order valence-corrected chi connectivity index (χ4v) is 6.66. The van der Waals surface area contributed by atoms with Gasteiger partial charge in [-0.3, -0.25) is 14.5 Å². The quantitative estimate of drug-likeness (QED) is 0.197. The predicted octanol–water partition coefficient (Wildman–Crippen LogP) is 6.20. The number of rotatable bonds is 14. The zero-order chi connectivity index (χ0) is 32.2. The summed E-state index contributed by atoms with van der Waals surface area (Å²) < 4.78 is 11.6. The zero-order valence-electron chi connectivity index (χ0n) is 25.9. The van der Waals surface area contributed by atoms with E-state index in [1.54, 1.807) is 29.2 Å². The first-order valence-corrected chi connectivity index (χ1v) is 17.1. The smallest absolute Gasteiger partial charge is 0.247 e. The number of aryl methyl sites for hydroxylation is 1. The molecule has 2 saturated carbocycles. The first kappa shape index (κ1) is 32.9. The summed E-state index contributed by atoms with van der Waals surface area (Å²) in [6.07, 6.45) is 5.32. The number of nitrogens with zero attached hydrogens (tertiary/aromatic N) is 2. The third kappa shape index (κ3) is 8.28. The highest BCUT2D eigenvalue weighted by Gasteiger charge is 2.41. The van der Waals surface area contributed by atoms with Gasteiger partial charge in [0, 0.05) is 35.9 Å². The highest BCUT2D eigenvalue weighted by atomic mass is 35.5. The second-order valence-electron chi connectivity index (χ2n) is 12.3. The number of carbonyl (C=O) groups is 2. The maximum Gasteiger partial charge on any atom is 0.247 e. The number of anilines is 1. The molecule has 46 heavy (non-hydrogen) atoms. The number of hydrogen-bond donors (Lipinski definition) is 2. The zero-order valence-corrected chi connectivity index (χ0v) is 28.1. The molecule has 1 aliphatic heterocycles. The van der Waals surface area contributed by atoms with E-state index < -0.39 is 6.04 Å². The summed E-state index contributed by atoms with van der Waals surface area (Å²) >= 11 is 19.2. The van der Waals surface area contributed by atoms with Crippen LogP contribution in [-0.4, -0.2) is 67.7 Å². The number of benzene rings is 3. The molecule has 11 heteroatoms. The SMILES string of the molecule is Cc1cc(Cl)c(OCCOc2ccc(N3C(=O)CNC[C@@H]3C(=O)N(Cc3cc(CCNC4CC4)ccc3Cl)C3CC3)cc2)c(Cl)c1. The van der Waals surface area contributed by atoms with Gasteiger partial charge in [0.2, 0.25) is 11.8 Å². The Morgan fingerprint density at radius 2 is 1.67 bits per heavy atom. The normalized spacial score (nSPS) is 18.0. The Hall–Kier alpha value is -3.01.